The minimum absolute atomic E-state index is 0.207. The van der Waals surface area contributed by atoms with Crippen molar-refractivity contribution in [2.24, 2.45) is 0 Å². The molecule has 31 heavy (non-hydrogen) atoms. The highest BCUT2D eigenvalue weighted by Gasteiger charge is 2.18. The number of carbonyl (C=O) groups is 1. The summed E-state index contributed by atoms with van der Waals surface area (Å²) in [7, 11) is 0. The first kappa shape index (κ1) is 21.3. The van der Waals surface area contributed by atoms with Gasteiger partial charge in [-0.25, -0.2) is 9.97 Å². The molecule has 2 aromatic carbocycles. The number of rotatable bonds is 8. The van der Waals surface area contributed by atoms with Crippen molar-refractivity contribution >= 4 is 17.6 Å². The summed E-state index contributed by atoms with van der Waals surface area (Å²) in [5.41, 5.74) is 4.20. The number of aromatic nitrogens is 2. The van der Waals surface area contributed by atoms with Crippen LogP contribution in [-0.4, -0.2) is 39.0 Å². The zero-order valence-corrected chi connectivity index (χ0v) is 17.9. The summed E-state index contributed by atoms with van der Waals surface area (Å²) in [6.45, 7) is 2.92. The van der Waals surface area contributed by atoms with Crippen molar-refractivity contribution < 1.29 is 14.6 Å². The Balaban J connectivity index is 1.35. The van der Waals surface area contributed by atoms with Crippen LogP contribution in [0.15, 0.2) is 54.7 Å². The van der Waals surface area contributed by atoms with E-state index < -0.39 is 5.97 Å². The van der Waals surface area contributed by atoms with Crippen molar-refractivity contribution in [3.63, 3.8) is 0 Å². The van der Waals surface area contributed by atoms with Crippen LogP contribution < -0.4 is 4.74 Å². The summed E-state index contributed by atoms with van der Waals surface area (Å²) in [5.74, 6) is 0.753. The lowest BCUT2D eigenvalue weighted by atomic mass is 10.1. The molecule has 0 bridgehead atoms. The Morgan fingerprint density at radius 1 is 1.13 bits per heavy atom. The second-order valence-corrected chi connectivity index (χ2v) is 8.06. The maximum absolute atomic E-state index is 10.7. The molecule has 1 aliphatic rings. The van der Waals surface area contributed by atoms with Crippen LogP contribution in [0.2, 0.25) is 5.02 Å². The molecule has 0 atom stereocenters. The quantitative estimate of drug-likeness (QED) is 0.555. The van der Waals surface area contributed by atoms with E-state index in [9.17, 15) is 4.79 Å². The molecular formula is C24H24ClN3O3. The van der Waals surface area contributed by atoms with Gasteiger partial charge in [0.15, 0.2) is 5.82 Å². The molecule has 0 saturated heterocycles. The molecule has 7 heteroatoms. The number of nitrogens with zero attached hydrogens (tertiary/aromatic N) is 3. The number of aliphatic carboxylic acids is 1. The third-order valence-corrected chi connectivity index (χ3v) is 5.56. The number of carboxylic acids is 1. The van der Waals surface area contributed by atoms with Crippen LogP contribution in [0.3, 0.4) is 0 Å². The standard InChI is InChI=1S/C24H24ClN3O3/c25-20-7-3-17(4-8-20)16-31-21-9-5-18(6-10-21)24-26-14-19-15-28(12-1-2-23(29)30)13-11-22(19)27-24/h3-10,14H,1-2,11-13,15-16H2,(H,29,30). The van der Waals surface area contributed by atoms with Gasteiger partial charge in [-0.15, -0.1) is 0 Å². The second-order valence-electron chi connectivity index (χ2n) is 7.63. The Morgan fingerprint density at radius 2 is 1.90 bits per heavy atom. The molecule has 2 heterocycles. The van der Waals surface area contributed by atoms with Crippen LogP contribution in [0, 0.1) is 0 Å². The van der Waals surface area contributed by atoms with Crippen molar-refractivity contribution in [2.75, 3.05) is 13.1 Å². The first-order valence-electron chi connectivity index (χ1n) is 10.3. The molecule has 1 N–H and O–H groups in total. The van der Waals surface area contributed by atoms with Gasteiger partial charge < -0.3 is 9.84 Å². The number of hydrogen-bond acceptors (Lipinski definition) is 5. The molecule has 3 aromatic rings. The molecule has 0 unspecified atom stereocenters. The van der Waals surface area contributed by atoms with E-state index in [2.05, 4.69) is 9.88 Å². The number of carboxylic acid groups (broad SMARTS) is 1. The van der Waals surface area contributed by atoms with Crippen molar-refractivity contribution in [3.8, 4) is 17.1 Å². The summed E-state index contributed by atoms with van der Waals surface area (Å²) < 4.78 is 5.85. The maximum atomic E-state index is 10.7. The Bertz CT molecular complexity index is 1040. The smallest absolute Gasteiger partial charge is 0.303 e. The predicted octanol–water partition coefficient (Wildman–Crippen LogP) is 4.60. The van der Waals surface area contributed by atoms with Crippen molar-refractivity contribution in [1.82, 2.24) is 14.9 Å². The van der Waals surface area contributed by atoms with E-state index in [1.807, 2.05) is 54.7 Å². The fraction of sp³-hybridized carbons (Fsp3) is 0.292. The predicted molar refractivity (Wildman–Crippen MR) is 119 cm³/mol. The number of halogens is 1. The number of benzene rings is 2. The van der Waals surface area contributed by atoms with Gasteiger partial charge in [0.1, 0.15) is 12.4 Å². The van der Waals surface area contributed by atoms with Gasteiger partial charge in [-0.1, -0.05) is 23.7 Å². The van der Waals surface area contributed by atoms with Crippen molar-refractivity contribution in [2.45, 2.75) is 32.4 Å². The van der Waals surface area contributed by atoms with Crippen molar-refractivity contribution in [3.05, 3.63) is 76.6 Å². The molecule has 1 aromatic heterocycles. The number of hydrogen-bond donors (Lipinski definition) is 1. The SMILES string of the molecule is O=C(O)CCCN1CCc2nc(-c3ccc(OCc4ccc(Cl)cc4)cc3)ncc2C1. The van der Waals surface area contributed by atoms with Gasteiger partial charge in [0.2, 0.25) is 0 Å². The molecule has 4 rings (SSSR count). The molecule has 160 valence electrons. The van der Waals surface area contributed by atoms with Gasteiger partial charge in [-0.05, 0) is 54.9 Å². The zero-order chi connectivity index (χ0) is 21.6. The van der Waals surface area contributed by atoms with Crippen LogP contribution in [0.4, 0.5) is 0 Å². The first-order chi connectivity index (χ1) is 15.1. The third kappa shape index (κ3) is 5.81. The lowest BCUT2D eigenvalue weighted by Gasteiger charge is -2.27. The molecule has 0 radical (unpaired) electrons. The summed E-state index contributed by atoms with van der Waals surface area (Å²) in [4.78, 5) is 22.3. The normalized spacial score (nSPS) is 13.6. The van der Waals surface area contributed by atoms with Gasteiger partial charge in [-0.3, -0.25) is 9.69 Å². The largest absolute Gasteiger partial charge is 0.489 e. The Labute approximate surface area is 186 Å². The maximum Gasteiger partial charge on any atom is 0.303 e. The molecule has 0 fully saturated rings. The summed E-state index contributed by atoms with van der Waals surface area (Å²) in [6, 6.07) is 15.4. The van der Waals surface area contributed by atoms with Crippen LogP contribution in [0.1, 0.15) is 29.7 Å². The lowest BCUT2D eigenvalue weighted by molar-refractivity contribution is -0.137. The average molecular weight is 438 g/mol. The Hall–Kier alpha value is -2.96. The summed E-state index contributed by atoms with van der Waals surface area (Å²) in [5, 5.41) is 9.51. The second kappa shape index (κ2) is 9.90. The molecule has 0 amide bonds. The van der Waals surface area contributed by atoms with E-state index in [-0.39, 0.29) is 6.42 Å². The Kier molecular flexibility index (Phi) is 6.79. The minimum atomic E-state index is -0.744. The van der Waals surface area contributed by atoms with E-state index in [1.165, 1.54) is 0 Å². The topological polar surface area (TPSA) is 75.5 Å². The highest BCUT2D eigenvalue weighted by Crippen LogP contribution is 2.23. The Morgan fingerprint density at radius 3 is 2.65 bits per heavy atom. The fourth-order valence-electron chi connectivity index (χ4n) is 3.61. The minimum Gasteiger partial charge on any atom is -0.489 e. The monoisotopic (exact) mass is 437 g/mol. The zero-order valence-electron chi connectivity index (χ0n) is 17.1. The van der Waals surface area contributed by atoms with Crippen molar-refractivity contribution in [1.29, 1.82) is 0 Å². The molecule has 0 saturated carbocycles. The fourth-order valence-corrected chi connectivity index (χ4v) is 3.73. The van der Waals surface area contributed by atoms with Gasteiger partial charge in [-0.2, -0.15) is 0 Å². The highest BCUT2D eigenvalue weighted by molar-refractivity contribution is 6.30. The number of fused-ring (bicyclic) bond motifs is 1. The highest BCUT2D eigenvalue weighted by atomic mass is 35.5. The molecular weight excluding hydrogens is 414 g/mol. The van der Waals surface area contributed by atoms with Gasteiger partial charge in [0, 0.05) is 48.3 Å². The lowest BCUT2D eigenvalue weighted by Crippen LogP contribution is -2.32. The average Bonchev–Trinajstić information content (AvgIpc) is 2.78. The van der Waals surface area contributed by atoms with Crippen LogP contribution in [0.5, 0.6) is 5.75 Å². The van der Waals surface area contributed by atoms with E-state index in [4.69, 9.17) is 26.4 Å². The van der Waals surface area contributed by atoms with Gasteiger partial charge in [0.25, 0.3) is 0 Å². The van der Waals surface area contributed by atoms with E-state index in [0.29, 0.717) is 23.9 Å². The molecule has 0 spiro atoms. The van der Waals surface area contributed by atoms with E-state index >= 15 is 0 Å². The molecule has 1 aliphatic heterocycles. The van der Waals surface area contributed by atoms with Crippen LogP contribution in [0.25, 0.3) is 11.4 Å². The van der Waals surface area contributed by atoms with Crippen LogP contribution in [-0.2, 0) is 24.4 Å². The van der Waals surface area contributed by atoms with Crippen LogP contribution >= 0.6 is 11.6 Å². The summed E-state index contributed by atoms with van der Waals surface area (Å²) in [6.07, 6.45) is 3.61. The first-order valence-corrected chi connectivity index (χ1v) is 10.7. The third-order valence-electron chi connectivity index (χ3n) is 5.31. The number of ether oxygens (including phenoxy) is 1. The van der Waals surface area contributed by atoms with Gasteiger partial charge >= 0.3 is 5.97 Å². The summed E-state index contributed by atoms with van der Waals surface area (Å²) >= 11 is 5.91. The molecule has 0 aliphatic carbocycles. The van der Waals surface area contributed by atoms with Gasteiger partial charge in [0.05, 0.1) is 5.69 Å². The molecule has 6 nitrogen and oxygen atoms in total. The van der Waals surface area contributed by atoms with E-state index in [0.717, 1.165) is 54.2 Å². The van der Waals surface area contributed by atoms with E-state index in [1.54, 1.807) is 0 Å².